The fourth-order valence-electron chi connectivity index (χ4n) is 3.49. The summed E-state index contributed by atoms with van der Waals surface area (Å²) < 4.78 is 0. The second-order valence-electron chi connectivity index (χ2n) is 6.79. The Morgan fingerprint density at radius 1 is 1.28 bits per heavy atom. The number of H-pyrrole nitrogens is 1. The number of aromatic hydroxyl groups is 1. The molecule has 1 aromatic heterocycles. The predicted octanol–water partition coefficient (Wildman–Crippen LogP) is 3.55. The molecule has 132 valence electrons. The highest BCUT2D eigenvalue weighted by Crippen LogP contribution is 2.41. The third kappa shape index (κ3) is 2.98. The van der Waals surface area contributed by atoms with E-state index in [9.17, 15) is 9.90 Å². The molecular formula is C17H20ClN5O2. The van der Waals surface area contributed by atoms with Gasteiger partial charge in [0.15, 0.2) is 5.69 Å². The Bertz CT molecular complexity index is 837. The molecule has 2 aromatic rings. The van der Waals surface area contributed by atoms with E-state index in [4.69, 9.17) is 17.1 Å². The van der Waals surface area contributed by atoms with Crippen molar-refractivity contribution in [2.75, 3.05) is 13.1 Å². The van der Waals surface area contributed by atoms with Gasteiger partial charge in [-0.2, -0.15) is 5.11 Å². The van der Waals surface area contributed by atoms with Crippen molar-refractivity contribution in [1.29, 1.82) is 5.53 Å². The normalized spacial score (nSPS) is 18.7. The fraction of sp³-hybridized carbons (Fsp3) is 0.471. The topological polar surface area (TPSA) is 105 Å². The van der Waals surface area contributed by atoms with Gasteiger partial charge in [-0.25, -0.2) is 5.53 Å². The first-order valence-electron chi connectivity index (χ1n) is 8.54. The SMILES string of the molecule is N=Nc1c(O)[nH]c2ccc(C(=O)N3CCC(NC4CC4)CC3)c(Cl)c12. The number of nitrogens with one attached hydrogen (secondary N) is 3. The Hall–Kier alpha value is -2.12. The van der Waals surface area contributed by atoms with Gasteiger partial charge in [0.25, 0.3) is 5.91 Å². The number of aromatic nitrogens is 1. The number of carbonyl (C=O) groups excluding carboxylic acids is 1. The zero-order chi connectivity index (χ0) is 17.6. The molecule has 8 heteroatoms. The van der Waals surface area contributed by atoms with Gasteiger partial charge in [-0.3, -0.25) is 4.79 Å². The maximum absolute atomic E-state index is 12.9. The van der Waals surface area contributed by atoms with Crippen LogP contribution in [0.15, 0.2) is 17.2 Å². The van der Waals surface area contributed by atoms with Crippen molar-refractivity contribution in [2.45, 2.75) is 37.8 Å². The lowest BCUT2D eigenvalue weighted by atomic mass is 10.0. The van der Waals surface area contributed by atoms with Crippen molar-refractivity contribution in [3.05, 3.63) is 22.7 Å². The highest BCUT2D eigenvalue weighted by Gasteiger charge is 2.30. The number of aromatic amines is 1. The van der Waals surface area contributed by atoms with E-state index in [1.165, 1.54) is 12.8 Å². The van der Waals surface area contributed by atoms with Gasteiger partial charge < -0.3 is 20.3 Å². The first-order chi connectivity index (χ1) is 12.1. The number of benzene rings is 1. The summed E-state index contributed by atoms with van der Waals surface area (Å²) in [7, 11) is 0. The van der Waals surface area contributed by atoms with E-state index in [1.807, 2.05) is 4.90 Å². The molecule has 0 atom stereocenters. The van der Waals surface area contributed by atoms with Crippen molar-refractivity contribution < 1.29 is 9.90 Å². The summed E-state index contributed by atoms with van der Waals surface area (Å²) in [5.74, 6) is -0.336. The van der Waals surface area contributed by atoms with Crippen molar-refractivity contribution in [3.63, 3.8) is 0 Å². The average Bonchev–Trinajstić information content (AvgIpc) is 3.36. The van der Waals surface area contributed by atoms with Crippen LogP contribution in [0.1, 0.15) is 36.0 Å². The molecule has 1 saturated carbocycles. The summed E-state index contributed by atoms with van der Waals surface area (Å²) in [5, 5.41) is 17.4. The summed E-state index contributed by atoms with van der Waals surface area (Å²) in [5.41, 5.74) is 8.21. The van der Waals surface area contributed by atoms with E-state index in [1.54, 1.807) is 12.1 Å². The van der Waals surface area contributed by atoms with E-state index in [-0.39, 0.29) is 22.5 Å². The number of fused-ring (bicyclic) bond motifs is 1. The van der Waals surface area contributed by atoms with Gasteiger partial charge >= 0.3 is 0 Å². The molecule has 1 amide bonds. The van der Waals surface area contributed by atoms with E-state index < -0.39 is 0 Å². The molecule has 2 aliphatic rings. The number of carbonyl (C=O) groups is 1. The smallest absolute Gasteiger partial charge is 0.255 e. The number of rotatable bonds is 4. The Kier molecular flexibility index (Phi) is 4.13. The monoisotopic (exact) mass is 361 g/mol. The molecule has 0 radical (unpaired) electrons. The summed E-state index contributed by atoms with van der Waals surface area (Å²) in [4.78, 5) is 17.4. The molecule has 1 aromatic carbocycles. The number of amides is 1. The van der Waals surface area contributed by atoms with Crippen LogP contribution in [-0.4, -0.2) is 46.1 Å². The standard InChI is InChI=1S/C17H20ClN5O2/c18-14-11(3-4-12-13(14)15(22-19)16(24)21-12)17(25)23-7-5-10(6-8-23)20-9-1-2-9/h3-4,9-10,19-21,24H,1-2,5-8H2. The van der Waals surface area contributed by atoms with Crippen molar-refractivity contribution >= 4 is 34.1 Å². The van der Waals surface area contributed by atoms with Crippen LogP contribution >= 0.6 is 11.6 Å². The minimum Gasteiger partial charge on any atom is -0.493 e. The molecule has 2 heterocycles. The molecule has 2 fully saturated rings. The van der Waals surface area contributed by atoms with E-state index in [2.05, 4.69) is 15.4 Å². The summed E-state index contributed by atoms with van der Waals surface area (Å²) >= 11 is 6.42. The first kappa shape index (κ1) is 16.4. The highest BCUT2D eigenvalue weighted by molar-refractivity contribution is 6.39. The fourth-order valence-corrected chi connectivity index (χ4v) is 3.83. The second kappa shape index (κ2) is 6.31. The summed E-state index contributed by atoms with van der Waals surface area (Å²) in [6, 6.07) is 4.51. The Labute approximate surface area is 149 Å². The molecular weight excluding hydrogens is 342 g/mol. The van der Waals surface area contributed by atoms with Crippen LogP contribution in [0.3, 0.4) is 0 Å². The maximum atomic E-state index is 12.9. The second-order valence-corrected chi connectivity index (χ2v) is 7.17. The minimum absolute atomic E-state index is 0.0574. The lowest BCUT2D eigenvalue weighted by molar-refractivity contribution is 0.0705. The van der Waals surface area contributed by atoms with Gasteiger partial charge in [0, 0.05) is 25.2 Å². The van der Waals surface area contributed by atoms with Gasteiger partial charge in [-0.1, -0.05) is 11.6 Å². The molecule has 1 aliphatic carbocycles. The van der Waals surface area contributed by atoms with Gasteiger partial charge in [-0.05, 0) is 37.8 Å². The number of likely N-dealkylation sites (tertiary alicyclic amines) is 1. The molecule has 4 rings (SSSR count). The van der Waals surface area contributed by atoms with Gasteiger partial charge in [0.1, 0.15) is 0 Å². The molecule has 4 N–H and O–H groups in total. The van der Waals surface area contributed by atoms with Crippen molar-refractivity contribution in [1.82, 2.24) is 15.2 Å². The first-order valence-corrected chi connectivity index (χ1v) is 8.92. The third-order valence-electron chi connectivity index (χ3n) is 5.03. The van der Waals surface area contributed by atoms with Crippen molar-refractivity contribution in [3.8, 4) is 5.88 Å². The summed E-state index contributed by atoms with van der Waals surface area (Å²) in [6.45, 7) is 1.40. The molecule has 0 unspecified atom stereocenters. The zero-order valence-corrected chi connectivity index (χ0v) is 14.4. The predicted molar refractivity (Wildman–Crippen MR) is 94.9 cm³/mol. The van der Waals surface area contributed by atoms with E-state index in [0.29, 0.717) is 41.6 Å². The number of hydrogen-bond acceptors (Lipinski definition) is 5. The Morgan fingerprint density at radius 2 is 1.96 bits per heavy atom. The van der Waals surface area contributed by atoms with Gasteiger partial charge in [0.05, 0.1) is 21.5 Å². The molecule has 7 nitrogen and oxygen atoms in total. The van der Waals surface area contributed by atoms with Gasteiger partial charge in [0.2, 0.25) is 5.88 Å². The van der Waals surface area contributed by atoms with Crippen LogP contribution in [-0.2, 0) is 0 Å². The van der Waals surface area contributed by atoms with Crippen LogP contribution in [0.5, 0.6) is 5.88 Å². The number of piperidine rings is 1. The lowest BCUT2D eigenvalue weighted by Gasteiger charge is -2.32. The van der Waals surface area contributed by atoms with E-state index >= 15 is 0 Å². The molecule has 0 bridgehead atoms. The molecule has 1 aliphatic heterocycles. The minimum atomic E-state index is -0.219. The Morgan fingerprint density at radius 3 is 2.60 bits per heavy atom. The Balaban J connectivity index is 1.55. The van der Waals surface area contributed by atoms with Crippen LogP contribution in [0.2, 0.25) is 5.02 Å². The number of nitrogens with zero attached hydrogens (tertiary/aromatic N) is 2. The molecule has 0 spiro atoms. The highest BCUT2D eigenvalue weighted by atomic mass is 35.5. The van der Waals surface area contributed by atoms with Crippen molar-refractivity contribution in [2.24, 2.45) is 5.11 Å². The zero-order valence-electron chi connectivity index (χ0n) is 13.7. The quantitative estimate of drug-likeness (QED) is 0.626. The lowest BCUT2D eigenvalue weighted by Crippen LogP contribution is -2.45. The van der Waals surface area contributed by atoms with Crippen LogP contribution in [0.25, 0.3) is 10.9 Å². The van der Waals surface area contributed by atoms with Gasteiger partial charge in [-0.15, -0.1) is 0 Å². The van der Waals surface area contributed by atoms with Crippen LogP contribution < -0.4 is 5.32 Å². The summed E-state index contributed by atoms with van der Waals surface area (Å²) in [6.07, 6.45) is 4.42. The third-order valence-corrected chi connectivity index (χ3v) is 5.42. The number of halogens is 1. The van der Waals surface area contributed by atoms with E-state index in [0.717, 1.165) is 12.8 Å². The largest absolute Gasteiger partial charge is 0.493 e. The van der Waals surface area contributed by atoms with Crippen LogP contribution in [0, 0.1) is 5.53 Å². The number of hydrogen-bond donors (Lipinski definition) is 4. The average molecular weight is 362 g/mol. The molecule has 1 saturated heterocycles. The van der Waals surface area contributed by atoms with Crippen LogP contribution in [0.4, 0.5) is 5.69 Å². The molecule has 25 heavy (non-hydrogen) atoms. The maximum Gasteiger partial charge on any atom is 0.255 e.